The molecule has 4 nitrogen and oxygen atoms in total. The Labute approximate surface area is 259 Å². The van der Waals surface area contributed by atoms with E-state index in [1.165, 1.54) is 50.9 Å². The summed E-state index contributed by atoms with van der Waals surface area (Å²) in [4.78, 5) is 19.0. The molecule has 42 heavy (non-hydrogen) atoms. The number of carboxylic acids is 1. The molecule has 0 bridgehead atoms. The number of aromatic carboxylic acids is 1. The first kappa shape index (κ1) is 29.3. The zero-order chi connectivity index (χ0) is 28.7. The van der Waals surface area contributed by atoms with Crippen LogP contribution in [-0.4, -0.2) is 21.0 Å². The maximum absolute atomic E-state index is 10.1. The molecule has 0 unspecified atom stereocenters. The summed E-state index contributed by atoms with van der Waals surface area (Å²) >= 11 is 0. The van der Waals surface area contributed by atoms with E-state index >= 15 is 0 Å². The van der Waals surface area contributed by atoms with Crippen molar-refractivity contribution in [1.82, 2.24) is 9.97 Å². The predicted molar refractivity (Wildman–Crippen MR) is 166 cm³/mol. The van der Waals surface area contributed by atoms with Gasteiger partial charge >= 0.3 is 5.97 Å². The topological polar surface area (TPSA) is 63.1 Å². The van der Waals surface area contributed by atoms with Gasteiger partial charge in [-0.2, -0.15) is 0 Å². The number of fused-ring (bicyclic) bond motifs is 6. The van der Waals surface area contributed by atoms with Gasteiger partial charge in [-0.05, 0) is 46.4 Å². The minimum atomic E-state index is -0.990. The summed E-state index contributed by atoms with van der Waals surface area (Å²) < 4.78 is 0. The number of carbonyl (C=O) groups is 1. The van der Waals surface area contributed by atoms with Crippen LogP contribution in [0.5, 0.6) is 0 Å². The van der Waals surface area contributed by atoms with E-state index in [1.807, 2.05) is 0 Å². The molecule has 1 aliphatic rings. The molecule has 7 rings (SSSR count). The summed E-state index contributed by atoms with van der Waals surface area (Å²) in [6.45, 7) is 9.22. The Hall–Kier alpha value is -4.18. The van der Waals surface area contributed by atoms with Gasteiger partial charge in [-0.1, -0.05) is 105 Å². The third-order valence-electron chi connectivity index (χ3n) is 7.96. The van der Waals surface area contributed by atoms with E-state index in [1.54, 1.807) is 12.1 Å². The smallest absolute Gasteiger partial charge is 0.354 e. The van der Waals surface area contributed by atoms with Gasteiger partial charge in [0.2, 0.25) is 0 Å². The van der Waals surface area contributed by atoms with E-state index in [2.05, 4.69) is 118 Å². The molecule has 6 aromatic rings. The number of hydrogen-bond donors (Lipinski definition) is 1. The monoisotopic (exact) mass is 728 g/mol. The molecule has 0 aliphatic heterocycles. The van der Waals surface area contributed by atoms with Gasteiger partial charge in [-0.25, -0.2) is 9.78 Å². The summed E-state index contributed by atoms with van der Waals surface area (Å²) in [6.07, 6.45) is 1.45. The molecule has 0 saturated carbocycles. The summed E-state index contributed by atoms with van der Waals surface area (Å²) in [7, 11) is 0. The number of benzene rings is 4. The van der Waals surface area contributed by atoms with Crippen molar-refractivity contribution in [2.45, 2.75) is 39.0 Å². The van der Waals surface area contributed by atoms with Crippen molar-refractivity contribution in [2.75, 3.05) is 0 Å². The Balaban J connectivity index is 0.000000305. The van der Waals surface area contributed by atoms with E-state index in [4.69, 9.17) is 10.1 Å². The number of pyridine rings is 2. The molecule has 2 heterocycles. The van der Waals surface area contributed by atoms with Crippen molar-refractivity contribution in [3.8, 4) is 22.4 Å². The van der Waals surface area contributed by atoms with Gasteiger partial charge < -0.3 is 5.11 Å². The van der Waals surface area contributed by atoms with Crippen molar-refractivity contribution in [1.29, 1.82) is 0 Å². The summed E-state index contributed by atoms with van der Waals surface area (Å²) in [5.74, 6) is -0.568. The molecule has 0 atom stereocenters. The van der Waals surface area contributed by atoms with Gasteiger partial charge in [0, 0.05) is 42.8 Å². The number of carboxylic acid groups (broad SMARTS) is 1. The second-order valence-electron chi connectivity index (χ2n) is 11.3. The van der Waals surface area contributed by atoms with Crippen LogP contribution in [0.25, 0.3) is 44.1 Å². The molecule has 0 fully saturated rings. The normalized spacial score (nSPS) is 12.7. The Bertz CT molecular complexity index is 1930. The first-order valence-electron chi connectivity index (χ1n) is 13.9. The SMILES string of the molecule is CC(C)c1cc(-c2nc3ccccc3c3c2-c2ccccc2C3(C)C)[c-]c2ccccc12.O=C(O)c1ccccn1.[Ir]. The van der Waals surface area contributed by atoms with E-state index in [0.717, 1.165) is 22.2 Å². The molecule has 1 N–H and O–H groups in total. The van der Waals surface area contributed by atoms with Crippen LogP contribution >= 0.6 is 0 Å². The van der Waals surface area contributed by atoms with E-state index in [9.17, 15) is 4.79 Å². The van der Waals surface area contributed by atoms with Gasteiger partial charge in [0.05, 0.1) is 5.52 Å². The van der Waals surface area contributed by atoms with Crippen LogP contribution in [0.15, 0.2) is 103 Å². The number of nitrogens with zero attached hydrogens (tertiary/aromatic N) is 2. The van der Waals surface area contributed by atoms with Gasteiger partial charge in [-0.15, -0.1) is 29.1 Å². The molecule has 1 radical (unpaired) electrons. The number of hydrogen-bond acceptors (Lipinski definition) is 3. The molecule has 0 amide bonds. The van der Waals surface area contributed by atoms with Crippen LogP contribution in [-0.2, 0) is 25.5 Å². The zero-order valence-corrected chi connectivity index (χ0v) is 26.4. The van der Waals surface area contributed by atoms with E-state index in [-0.39, 0.29) is 31.2 Å². The Morgan fingerprint density at radius 1 is 0.857 bits per heavy atom. The van der Waals surface area contributed by atoms with Gasteiger partial charge in [0.25, 0.3) is 0 Å². The largest absolute Gasteiger partial charge is 0.477 e. The Morgan fingerprint density at radius 3 is 2.21 bits per heavy atom. The van der Waals surface area contributed by atoms with Crippen molar-refractivity contribution in [3.05, 3.63) is 132 Å². The number of aromatic nitrogens is 2. The van der Waals surface area contributed by atoms with Gasteiger partial charge in [0.15, 0.2) is 0 Å². The first-order chi connectivity index (χ1) is 19.8. The third kappa shape index (κ3) is 5.04. The minimum absolute atomic E-state index is 0. The van der Waals surface area contributed by atoms with E-state index in [0.29, 0.717) is 5.92 Å². The quantitative estimate of drug-likeness (QED) is 0.185. The number of rotatable bonds is 3. The average molecular weight is 728 g/mol. The van der Waals surface area contributed by atoms with Crippen LogP contribution in [0.4, 0.5) is 0 Å². The van der Waals surface area contributed by atoms with Crippen molar-refractivity contribution >= 4 is 27.6 Å². The van der Waals surface area contributed by atoms with Crippen LogP contribution in [0, 0.1) is 6.07 Å². The van der Waals surface area contributed by atoms with Crippen LogP contribution in [0.3, 0.4) is 0 Å². The molecular weight excluding hydrogens is 697 g/mol. The Morgan fingerprint density at radius 2 is 1.52 bits per heavy atom. The van der Waals surface area contributed by atoms with Gasteiger partial charge in [0.1, 0.15) is 5.69 Å². The minimum Gasteiger partial charge on any atom is -0.477 e. The molecule has 5 heteroatoms. The first-order valence-corrected chi connectivity index (χ1v) is 13.9. The summed E-state index contributed by atoms with van der Waals surface area (Å²) in [6, 6.07) is 36.8. The molecule has 0 spiro atoms. The standard InChI is InChI=1S/C31H26N.C6H5NO2.Ir/c1-19(2)25-18-21(17-20-11-5-6-12-22(20)25)30-28-23-13-7-9-15-26(23)31(3,4)29(28)24-14-8-10-16-27(24)32-30;8-6(9)5-3-1-2-4-7-5;/h5-16,18-19H,1-4H3;1-4H,(H,8,9);/q-1;;. The summed E-state index contributed by atoms with van der Waals surface area (Å²) in [5, 5.41) is 12.0. The molecule has 0 saturated heterocycles. The molecule has 4 aromatic carbocycles. The second kappa shape index (κ2) is 11.6. The maximum Gasteiger partial charge on any atom is 0.354 e. The molecule has 1 aliphatic carbocycles. The molecule has 211 valence electrons. The van der Waals surface area contributed by atoms with Crippen LogP contribution < -0.4 is 0 Å². The third-order valence-corrected chi connectivity index (χ3v) is 7.96. The van der Waals surface area contributed by atoms with Gasteiger partial charge in [-0.3, -0.25) is 4.98 Å². The fraction of sp³-hybridized carbons (Fsp3) is 0.162. The van der Waals surface area contributed by atoms with Crippen LogP contribution in [0.2, 0.25) is 0 Å². The van der Waals surface area contributed by atoms with Crippen molar-refractivity contribution in [2.24, 2.45) is 0 Å². The fourth-order valence-corrected chi connectivity index (χ4v) is 6.05. The second-order valence-corrected chi connectivity index (χ2v) is 11.3. The van der Waals surface area contributed by atoms with Crippen molar-refractivity contribution < 1.29 is 30.0 Å². The predicted octanol–water partition coefficient (Wildman–Crippen LogP) is 9.06. The molecular formula is C37H31IrN2O2-. The number of para-hydroxylation sites is 1. The average Bonchev–Trinajstić information content (AvgIpc) is 3.24. The van der Waals surface area contributed by atoms with E-state index < -0.39 is 5.97 Å². The summed E-state index contributed by atoms with van der Waals surface area (Å²) in [5.41, 5.74) is 9.85. The van der Waals surface area contributed by atoms with Crippen LogP contribution in [0.1, 0.15) is 60.8 Å². The molecule has 2 aromatic heterocycles. The fourth-order valence-electron chi connectivity index (χ4n) is 6.05. The maximum atomic E-state index is 10.1. The zero-order valence-electron chi connectivity index (χ0n) is 24.0. The Kier molecular flexibility index (Phi) is 8.10. The van der Waals surface area contributed by atoms with Crippen molar-refractivity contribution in [3.63, 3.8) is 0 Å².